The molecule has 1 saturated carbocycles. The highest BCUT2D eigenvalue weighted by Gasteiger charge is 2.52. The van der Waals surface area contributed by atoms with E-state index in [-0.39, 0.29) is 23.4 Å². The second kappa shape index (κ2) is 12.7. The van der Waals surface area contributed by atoms with Gasteiger partial charge in [0.25, 0.3) is 0 Å². The summed E-state index contributed by atoms with van der Waals surface area (Å²) >= 11 is 0. The van der Waals surface area contributed by atoms with Gasteiger partial charge in [-0.05, 0) is 96.6 Å². The Kier molecular flexibility index (Phi) is 9.48. The maximum Gasteiger partial charge on any atom is 0.325 e. The Morgan fingerprint density at radius 1 is 1.05 bits per heavy atom. The fourth-order valence-corrected chi connectivity index (χ4v) is 7.38. The van der Waals surface area contributed by atoms with Gasteiger partial charge < -0.3 is 19.7 Å². The number of carbonyl (C=O) groups excluding carboxylic acids is 2. The molecule has 2 aromatic rings. The molecule has 6 nitrogen and oxygen atoms in total. The van der Waals surface area contributed by atoms with Crippen molar-refractivity contribution in [1.29, 1.82) is 0 Å². The van der Waals surface area contributed by atoms with E-state index < -0.39 is 5.97 Å². The molecule has 2 aliphatic rings. The Morgan fingerprint density at radius 3 is 2.48 bits per heavy atom. The van der Waals surface area contributed by atoms with Crippen LogP contribution in [0.3, 0.4) is 0 Å². The van der Waals surface area contributed by atoms with Crippen LogP contribution in [0.25, 0.3) is 0 Å². The van der Waals surface area contributed by atoms with Crippen LogP contribution >= 0.6 is 0 Å². The van der Waals surface area contributed by atoms with Crippen molar-refractivity contribution >= 4 is 12.0 Å². The van der Waals surface area contributed by atoms with E-state index in [9.17, 15) is 9.59 Å². The number of ether oxygens (including phenoxy) is 2. The van der Waals surface area contributed by atoms with E-state index in [1.54, 1.807) is 6.92 Å². The number of urea groups is 1. The molecule has 0 radical (unpaired) electrons. The number of esters is 1. The van der Waals surface area contributed by atoms with Crippen LogP contribution in [0.15, 0.2) is 42.5 Å². The molecule has 4 rings (SSSR count). The number of hydrogen-bond donors (Lipinski definition) is 1. The molecule has 2 aromatic carbocycles. The quantitative estimate of drug-likeness (QED) is 0.325. The maximum absolute atomic E-state index is 13.6. The van der Waals surface area contributed by atoms with Crippen molar-refractivity contribution in [3.8, 4) is 5.75 Å². The Balaban J connectivity index is 1.59. The molecule has 0 bridgehead atoms. The van der Waals surface area contributed by atoms with E-state index in [0.717, 1.165) is 37.0 Å². The largest absolute Gasteiger partial charge is 0.494 e. The predicted octanol–water partition coefficient (Wildman–Crippen LogP) is 6.99. The lowest BCUT2D eigenvalue weighted by atomic mass is 9.49. The van der Waals surface area contributed by atoms with Crippen LogP contribution in [0.5, 0.6) is 5.75 Å². The third-order valence-corrected chi connectivity index (χ3v) is 9.30. The molecule has 1 N–H and O–H groups in total. The first-order valence-electron chi connectivity index (χ1n) is 15.1. The number of fused-ring (bicyclic) bond motifs is 3. The molecular weight excluding hydrogens is 500 g/mol. The number of carbonyl (C=O) groups is 2. The van der Waals surface area contributed by atoms with Crippen molar-refractivity contribution in [1.82, 2.24) is 10.2 Å². The van der Waals surface area contributed by atoms with Crippen LogP contribution in [0.4, 0.5) is 4.79 Å². The van der Waals surface area contributed by atoms with E-state index in [1.165, 1.54) is 23.1 Å². The number of hydrogen-bond acceptors (Lipinski definition) is 4. The van der Waals surface area contributed by atoms with Gasteiger partial charge in [0.05, 0.1) is 13.2 Å². The molecule has 0 aliphatic heterocycles. The van der Waals surface area contributed by atoms with Crippen molar-refractivity contribution in [2.45, 2.75) is 91.5 Å². The number of aryl methyl sites for hydroxylation is 1. The monoisotopic (exact) mass is 548 g/mol. The zero-order valence-corrected chi connectivity index (χ0v) is 25.3. The zero-order chi connectivity index (χ0) is 28.9. The van der Waals surface area contributed by atoms with E-state index in [0.29, 0.717) is 38.1 Å². The van der Waals surface area contributed by atoms with Gasteiger partial charge in [-0.25, -0.2) is 4.79 Å². The van der Waals surface area contributed by atoms with E-state index >= 15 is 0 Å². The van der Waals surface area contributed by atoms with E-state index in [4.69, 9.17) is 9.47 Å². The van der Waals surface area contributed by atoms with Crippen LogP contribution in [-0.4, -0.2) is 43.2 Å². The summed E-state index contributed by atoms with van der Waals surface area (Å²) < 4.78 is 10.7. The molecule has 3 unspecified atom stereocenters. The molecule has 0 saturated heterocycles. The summed E-state index contributed by atoms with van der Waals surface area (Å²) in [5.41, 5.74) is 5.50. The molecule has 2 aliphatic carbocycles. The first-order valence-corrected chi connectivity index (χ1v) is 15.1. The van der Waals surface area contributed by atoms with Gasteiger partial charge in [0.2, 0.25) is 0 Å². The lowest BCUT2D eigenvalue weighted by Gasteiger charge is -2.56. The third kappa shape index (κ3) is 6.47. The van der Waals surface area contributed by atoms with Gasteiger partial charge in [0, 0.05) is 13.1 Å². The van der Waals surface area contributed by atoms with Crippen molar-refractivity contribution in [3.05, 3.63) is 64.7 Å². The second-order valence-corrected chi connectivity index (χ2v) is 12.5. The van der Waals surface area contributed by atoms with Crippen molar-refractivity contribution < 1.29 is 19.1 Å². The van der Waals surface area contributed by atoms with Gasteiger partial charge in [-0.2, -0.15) is 0 Å². The highest BCUT2D eigenvalue weighted by atomic mass is 16.5. The van der Waals surface area contributed by atoms with E-state index in [1.807, 2.05) is 36.1 Å². The lowest BCUT2D eigenvalue weighted by molar-refractivity contribution is -0.141. The van der Waals surface area contributed by atoms with Gasteiger partial charge in [-0.1, -0.05) is 64.4 Å². The molecule has 40 heavy (non-hydrogen) atoms. The number of rotatable bonds is 10. The van der Waals surface area contributed by atoms with Gasteiger partial charge >= 0.3 is 12.0 Å². The first kappa shape index (κ1) is 30.0. The minimum atomic E-state index is -0.419. The Morgan fingerprint density at radius 2 is 1.80 bits per heavy atom. The number of amides is 2. The standard InChI is InChI=1S/C34H48N2O4/c1-7-39-28-14-10-25(11-15-28)22-36(32(38)35-21-31(37)40-8-2)23-33(5)18-9-19-34(6)29-16-12-26(24(3)4)20-27(29)13-17-30(33)34/h10-12,14-16,20,24,30H,7-9,13,17-19,21-23H2,1-6H3,(H,35,38). The van der Waals surface area contributed by atoms with Crippen LogP contribution in [0.2, 0.25) is 0 Å². The second-order valence-electron chi connectivity index (χ2n) is 12.5. The molecule has 3 atom stereocenters. The summed E-state index contributed by atoms with van der Waals surface area (Å²) in [6.07, 6.45) is 5.60. The van der Waals surface area contributed by atoms with Crippen LogP contribution in [0, 0.1) is 11.3 Å². The molecular formula is C34H48N2O4. The zero-order valence-electron chi connectivity index (χ0n) is 25.3. The van der Waals surface area contributed by atoms with Crippen molar-refractivity contribution in [2.24, 2.45) is 11.3 Å². The maximum atomic E-state index is 13.6. The normalized spacial score (nSPS) is 23.6. The molecule has 1 fully saturated rings. The summed E-state index contributed by atoms with van der Waals surface area (Å²) in [5.74, 6) is 1.39. The van der Waals surface area contributed by atoms with Crippen LogP contribution < -0.4 is 10.1 Å². The minimum absolute atomic E-state index is 0.0477. The topological polar surface area (TPSA) is 67.9 Å². The number of nitrogens with zero attached hydrogens (tertiary/aromatic N) is 1. The van der Waals surface area contributed by atoms with Gasteiger partial charge in [0.1, 0.15) is 12.3 Å². The van der Waals surface area contributed by atoms with Gasteiger partial charge in [0.15, 0.2) is 0 Å². The summed E-state index contributed by atoms with van der Waals surface area (Å²) in [6, 6.07) is 14.9. The highest BCUT2D eigenvalue weighted by molar-refractivity contribution is 5.80. The highest BCUT2D eigenvalue weighted by Crippen LogP contribution is 2.57. The van der Waals surface area contributed by atoms with Crippen LogP contribution in [0.1, 0.15) is 95.4 Å². The molecule has 2 amide bonds. The average molecular weight is 549 g/mol. The first-order chi connectivity index (χ1) is 19.1. The summed E-state index contributed by atoms with van der Waals surface area (Å²) in [5, 5.41) is 2.83. The Hall–Kier alpha value is -3.02. The van der Waals surface area contributed by atoms with E-state index in [2.05, 4.69) is 51.2 Å². The van der Waals surface area contributed by atoms with Gasteiger partial charge in [-0.3, -0.25) is 4.79 Å². The Labute approximate surface area is 240 Å². The fraction of sp³-hybridized carbons (Fsp3) is 0.588. The molecule has 0 spiro atoms. The summed E-state index contributed by atoms with van der Waals surface area (Å²) in [4.78, 5) is 27.5. The van der Waals surface area contributed by atoms with Crippen molar-refractivity contribution in [2.75, 3.05) is 26.3 Å². The van der Waals surface area contributed by atoms with Crippen LogP contribution in [-0.2, 0) is 27.9 Å². The Bertz CT molecular complexity index is 1180. The summed E-state index contributed by atoms with van der Waals surface area (Å²) in [7, 11) is 0. The molecule has 218 valence electrons. The smallest absolute Gasteiger partial charge is 0.325 e. The SMILES string of the molecule is CCOC(=O)CNC(=O)N(Cc1ccc(OCC)cc1)CC1(C)CCCC2(C)c3ccc(C(C)C)cc3CCC12. The molecule has 6 heteroatoms. The number of nitrogens with one attached hydrogen (secondary N) is 1. The lowest BCUT2D eigenvalue weighted by Crippen LogP contribution is -2.55. The van der Waals surface area contributed by atoms with Crippen molar-refractivity contribution in [3.63, 3.8) is 0 Å². The summed E-state index contributed by atoms with van der Waals surface area (Å²) in [6.45, 7) is 15.0. The molecule has 0 aromatic heterocycles. The predicted molar refractivity (Wildman–Crippen MR) is 160 cm³/mol. The van der Waals surface area contributed by atoms with Gasteiger partial charge in [-0.15, -0.1) is 0 Å². The fourth-order valence-electron chi connectivity index (χ4n) is 7.38. The number of benzene rings is 2. The minimum Gasteiger partial charge on any atom is -0.494 e. The third-order valence-electron chi connectivity index (χ3n) is 9.30. The average Bonchev–Trinajstić information content (AvgIpc) is 2.92. The molecule has 0 heterocycles.